The Morgan fingerprint density at radius 3 is 2.24 bits per heavy atom. The summed E-state index contributed by atoms with van der Waals surface area (Å²) in [6.45, 7) is 3.92. The van der Waals surface area contributed by atoms with Gasteiger partial charge in [0.25, 0.3) is 0 Å². The van der Waals surface area contributed by atoms with Crippen molar-refractivity contribution in [3.05, 3.63) is 53.6 Å². The highest BCUT2D eigenvalue weighted by Gasteiger charge is 2.10. The lowest BCUT2D eigenvalue weighted by Gasteiger charge is -2.18. The Morgan fingerprint density at radius 1 is 1.10 bits per heavy atom. The Labute approximate surface area is 125 Å². The Morgan fingerprint density at radius 2 is 1.71 bits per heavy atom. The molecular formula is C16H19NO3S. The van der Waals surface area contributed by atoms with Crippen LogP contribution in [-0.4, -0.2) is 19.8 Å². The van der Waals surface area contributed by atoms with Gasteiger partial charge in [-0.1, -0.05) is 12.1 Å². The van der Waals surface area contributed by atoms with Crippen molar-refractivity contribution in [1.82, 2.24) is 0 Å². The molecule has 0 fully saturated rings. The molecule has 2 aromatic carbocycles. The monoisotopic (exact) mass is 305 g/mol. The number of phenolic OH excluding ortho intramolecular Hbond substituents is 1. The van der Waals surface area contributed by atoms with Crippen molar-refractivity contribution in [2.75, 3.05) is 11.6 Å². The lowest BCUT2D eigenvalue weighted by Crippen LogP contribution is -2.08. The van der Waals surface area contributed by atoms with E-state index in [0.29, 0.717) is 4.90 Å². The molecule has 0 saturated carbocycles. The number of sulfone groups is 1. The molecule has 0 aliphatic heterocycles. The molecule has 2 aromatic rings. The van der Waals surface area contributed by atoms with Gasteiger partial charge in [-0.25, -0.2) is 8.42 Å². The highest BCUT2D eigenvalue weighted by molar-refractivity contribution is 7.90. The Kier molecular flexibility index (Phi) is 4.23. The van der Waals surface area contributed by atoms with Crippen LogP contribution in [-0.2, 0) is 9.84 Å². The Hall–Kier alpha value is -2.01. The molecule has 1 atom stereocenters. The van der Waals surface area contributed by atoms with Crippen molar-refractivity contribution in [3.63, 3.8) is 0 Å². The largest absolute Gasteiger partial charge is 0.508 e. The third-order valence-corrected chi connectivity index (χ3v) is 4.52. The van der Waals surface area contributed by atoms with E-state index in [2.05, 4.69) is 5.32 Å². The fraction of sp³-hybridized carbons (Fsp3) is 0.250. The van der Waals surface area contributed by atoms with Crippen LogP contribution in [0.15, 0.2) is 47.4 Å². The maximum absolute atomic E-state index is 11.4. The smallest absolute Gasteiger partial charge is 0.175 e. The minimum absolute atomic E-state index is 0.0295. The molecule has 21 heavy (non-hydrogen) atoms. The maximum Gasteiger partial charge on any atom is 0.175 e. The lowest BCUT2D eigenvalue weighted by molar-refractivity contribution is 0.475. The van der Waals surface area contributed by atoms with E-state index in [9.17, 15) is 13.5 Å². The Balaban J connectivity index is 2.18. The molecule has 1 unspecified atom stereocenters. The van der Waals surface area contributed by atoms with Crippen LogP contribution in [0.2, 0.25) is 0 Å². The van der Waals surface area contributed by atoms with Crippen molar-refractivity contribution in [3.8, 4) is 5.75 Å². The zero-order chi connectivity index (χ0) is 15.6. The van der Waals surface area contributed by atoms with Gasteiger partial charge in [0.05, 0.1) is 4.90 Å². The van der Waals surface area contributed by atoms with E-state index in [1.54, 1.807) is 24.3 Å². The van der Waals surface area contributed by atoms with Crippen LogP contribution in [0.4, 0.5) is 5.69 Å². The van der Waals surface area contributed by atoms with Crippen LogP contribution in [0.1, 0.15) is 24.1 Å². The summed E-state index contributed by atoms with van der Waals surface area (Å²) in [5.41, 5.74) is 2.89. The van der Waals surface area contributed by atoms with Crippen molar-refractivity contribution in [1.29, 1.82) is 0 Å². The molecule has 112 valence electrons. The number of aryl methyl sites for hydroxylation is 1. The SMILES string of the molecule is Cc1cc(O)ccc1NC(C)c1ccc(S(C)(=O)=O)cc1. The minimum Gasteiger partial charge on any atom is -0.508 e. The summed E-state index contributed by atoms with van der Waals surface area (Å²) >= 11 is 0. The average molecular weight is 305 g/mol. The number of nitrogens with one attached hydrogen (secondary N) is 1. The second-order valence-electron chi connectivity index (χ2n) is 5.21. The van der Waals surface area contributed by atoms with Gasteiger partial charge in [-0.05, 0) is 55.3 Å². The van der Waals surface area contributed by atoms with E-state index in [1.807, 2.05) is 32.0 Å². The van der Waals surface area contributed by atoms with Crippen molar-refractivity contribution >= 4 is 15.5 Å². The molecule has 2 N–H and O–H groups in total. The Bertz CT molecular complexity index is 737. The second kappa shape index (κ2) is 5.77. The third-order valence-electron chi connectivity index (χ3n) is 3.39. The number of aromatic hydroxyl groups is 1. The van der Waals surface area contributed by atoms with Gasteiger partial charge in [-0.15, -0.1) is 0 Å². The van der Waals surface area contributed by atoms with E-state index in [0.717, 1.165) is 16.8 Å². The van der Waals surface area contributed by atoms with Crippen LogP contribution in [0.25, 0.3) is 0 Å². The van der Waals surface area contributed by atoms with Crippen molar-refractivity contribution in [2.45, 2.75) is 24.8 Å². The van der Waals surface area contributed by atoms with Crippen LogP contribution in [0.3, 0.4) is 0 Å². The summed E-state index contributed by atoms with van der Waals surface area (Å²) in [6, 6.07) is 12.0. The topological polar surface area (TPSA) is 66.4 Å². The third kappa shape index (κ3) is 3.76. The molecule has 0 amide bonds. The van der Waals surface area contributed by atoms with Crippen molar-refractivity contribution in [2.24, 2.45) is 0 Å². The zero-order valence-corrected chi connectivity index (χ0v) is 13.1. The van der Waals surface area contributed by atoms with Crippen molar-refractivity contribution < 1.29 is 13.5 Å². The molecule has 0 aliphatic rings. The number of hydrogen-bond donors (Lipinski definition) is 2. The number of benzene rings is 2. The molecule has 4 nitrogen and oxygen atoms in total. The predicted molar refractivity (Wildman–Crippen MR) is 84.4 cm³/mol. The quantitative estimate of drug-likeness (QED) is 0.851. The fourth-order valence-corrected chi connectivity index (χ4v) is 2.76. The molecule has 0 heterocycles. The van der Waals surface area contributed by atoms with Gasteiger partial charge in [0.15, 0.2) is 9.84 Å². The van der Waals surface area contributed by atoms with Gasteiger partial charge in [0.1, 0.15) is 5.75 Å². The first-order valence-electron chi connectivity index (χ1n) is 6.63. The minimum atomic E-state index is -3.16. The summed E-state index contributed by atoms with van der Waals surface area (Å²) in [5.74, 6) is 0.239. The molecule has 5 heteroatoms. The summed E-state index contributed by atoms with van der Waals surface area (Å²) in [5, 5.41) is 12.8. The second-order valence-corrected chi connectivity index (χ2v) is 7.22. The number of anilines is 1. The van der Waals surface area contributed by atoms with Crippen LogP contribution in [0, 0.1) is 6.92 Å². The molecule has 0 radical (unpaired) electrons. The standard InChI is InChI=1S/C16H19NO3S/c1-11-10-14(18)6-9-16(11)17-12(2)13-4-7-15(8-5-13)21(3,19)20/h4-10,12,17-18H,1-3H3. The summed E-state index contributed by atoms with van der Waals surface area (Å²) < 4.78 is 22.9. The summed E-state index contributed by atoms with van der Waals surface area (Å²) in [4.78, 5) is 0.319. The van der Waals surface area contributed by atoms with E-state index in [-0.39, 0.29) is 11.8 Å². The van der Waals surface area contributed by atoms with E-state index < -0.39 is 9.84 Å². The van der Waals surface area contributed by atoms with Crippen LogP contribution in [0.5, 0.6) is 5.75 Å². The normalized spacial score (nSPS) is 12.9. The van der Waals surface area contributed by atoms with Gasteiger partial charge in [0, 0.05) is 18.0 Å². The molecule has 0 spiro atoms. The van der Waals surface area contributed by atoms with Crippen LogP contribution >= 0.6 is 0 Å². The summed E-state index contributed by atoms with van der Waals surface area (Å²) in [6.07, 6.45) is 1.20. The number of phenols is 1. The van der Waals surface area contributed by atoms with Gasteiger partial charge in [0.2, 0.25) is 0 Å². The number of rotatable bonds is 4. The van der Waals surface area contributed by atoms with Gasteiger partial charge >= 0.3 is 0 Å². The lowest BCUT2D eigenvalue weighted by atomic mass is 10.1. The molecule has 2 rings (SSSR count). The first-order valence-corrected chi connectivity index (χ1v) is 8.52. The first-order chi connectivity index (χ1) is 9.77. The zero-order valence-electron chi connectivity index (χ0n) is 12.3. The fourth-order valence-electron chi connectivity index (χ4n) is 2.13. The maximum atomic E-state index is 11.4. The van der Waals surface area contributed by atoms with E-state index in [1.165, 1.54) is 6.26 Å². The first kappa shape index (κ1) is 15.4. The average Bonchev–Trinajstić information content (AvgIpc) is 2.41. The van der Waals surface area contributed by atoms with Gasteiger partial charge < -0.3 is 10.4 Å². The molecule has 0 saturated heterocycles. The van der Waals surface area contributed by atoms with Gasteiger partial charge in [-0.2, -0.15) is 0 Å². The van der Waals surface area contributed by atoms with E-state index >= 15 is 0 Å². The summed E-state index contributed by atoms with van der Waals surface area (Å²) in [7, 11) is -3.16. The number of hydrogen-bond acceptors (Lipinski definition) is 4. The molecule has 0 aromatic heterocycles. The molecular weight excluding hydrogens is 286 g/mol. The predicted octanol–water partition coefficient (Wildman–Crippen LogP) is 3.28. The van der Waals surface area contributed by atoms with E-state index in [4.69, 9.17) is 0 Å². The highest BCUT2D eigenvalue weighted by Crippen LogP contribution is 2.25. The molecule has 0 aliphatic carbocycles. The van der Waals surface area contributed by atoms with Crippen LogP contribution < -0.4 is 5.32 Å². The highest BCUT2D eigenvalue weighted by atomic mass is 32.2. The van der Waals surface area contributed by atoms with Gasteiger partial charge in [-0.3, -0.25) is 0 Å². The molecule has 0 bridgehead atoms.